The van der Waals surface area contributed by atoms with Crippen molar-refractivity contribution in [2.24, 2.45) is 0 Å². The van der Waals surface area contributed by atoms with Crippen molar-refractivity contribution in [3.63, 3.8) is 0 Å². The number of nitrogens with zero attached hydrogens (tertiary/aromatic N) is 2. The Bertz CT molecular complexity index is 1060. The quantitative estimate of drug-likeness (QED) is 0.422. The monoisotopic (exact) mass is 387 g/mol. The van der Waals surface area contributed by atoms with Crippen LogP contribution in [0.2, 0.25) is 9.36 Å². The first-order valence-electron chi connectivity index (χ1n) is 7.79. The van der Waals surface area contributed by atoms with Gasteiger partial charge in [-0.05, 0) is 49.2 Å². The van der Waals surface area contributed by atoms with Gasteiger partial charge in [0.15, 0.2) is 0 Å². The lowest BCUT2D eigenvalue weighted by molar-refractivity contribution is 1.18. The molecule has 3 aromatic heterocycles. The van der Waals surface area contributed by atoms with Crippen LogP contribution >= 0.6 is 34.5 Å². The highest BCUT2D eigenvalue weighted by molar-refractivity contribution is 7.19. The molecule has 0 radical (unpaired) electrons. The van der Waals surface area contributed by atoms with Crippen LogP contribution in [0.1, 0.15) is 11.1 Å². The van der Waals surface area contributed by atoms with E-state index in [0.29, 0.717) is 5.02 Å². The molecule has 1 N–H and O–H groups in total. The van der Waals surface area contributed by atoms with E-state index >= 15 is 0 Å². The molecule has 0 saturated heterocycles. The summed E-state index contributed by atoms with van der Waals surface area (Å²) >= 11 is 13.9. The Balaban J connectivity index is 1.95. The van der Waals surface area contributed by atoms with E-state index < -0.39 is 0 Å². The van der Waals surface area contributed by atoms with Crippen molar-refractivity contribution in [2.45, 2.75) is 13.8 Å². The molecule has 0 amide bonds. The predicted octanol–water partition coefficient (Wildman–Crippen LogP) is 6.73. The Morgan fingerprint density at radius 2 is 1.76 bits per heavy atom. The van der Waals surface area contributed by atoms with Crippen molar-refractivity contribution >= 4 is 51.7 Å². The number of halogens is 2. The fourth-order valence-electron chi connectivity index (χ4n) is 2.88. The average molecular weight is 388 g/mol. The Hall–Kier alpha value is -2.01. The maximum absolute atomic E-state index is 6.22. The predicted molar refractivity (Wildman–Crippen MR) is 108 cm³/mol. The van der Waals surface area contributed by atoms with Gasteiger partial charge in [-0.25, -0.2) is 4.98 Å². The molecule has 0 aliphatic heterocycles. The van der Waals surface area contributed by atoms with Gasteiger partial charge in [-0.3, -0.25) is 4.40 Å². The molecular weight excluding hydrogens is 373 g/mol. The number of rotatable bonds is 3. The number of para-hydroxylation sites is 1. The number of pyridine rings is 1. The highest BCUT2D eigenvalue weighted by atomic mass is 35.5. The van der Waals surface area contributed by atoms with Crippen LogP contribution in [0.4, 0.5) is 11.5 Å². The van der Waals surface area contributed by atoms with Gasteiger partial charge in [0.2, 0.25) is 0 Å². The fourth-order valence-corrected chi connectivity index (χ4v) is 4.08. The smallest absolute Gasteiger partial charge is 0.144 e. The van der Waals surface area contributed by atoms with Gasteiger partial charge in [-0.2, -0.15) is 0 Å². The fraction of sp³-hybridized carbons (Fsp3) is 0.105. The normalized spacial score (nSPS) is 11.2. The Morgan fingerprint density at radius 3 is 2.44 bits per heavy atom. The lowest BCUT2D eigenvalue weighted by Gasteiger charge is -2.13. The van der Waals surface area contributed by atoms with Crippen LogP contribution < -0.4 is 5.32 Å². The van der Waals surface area contributed by atoms with E-state index in [0.717, 1.165) is 32.1 Å². The summed E-state index contributed by atoms with van der Waals surface area (Å²) in [6, 6.07) is 13.9. The van der Waals surface area contributed by atoms with E-state index in [4.69, 9.17) is 28.2 Å². The minimum atomic E-state index is 0.658. The summed E-state index contributed by atoms with van der Waals surface area (Å²) in [4.78, 5) is 5.80. The molecular formula is C19H15Cl2N3S. The molecule has 126 valence electrons. The van der Waals surface area contributed by atoms with Gasteiger partial charge in [-0.1, -0.05) is 41.4 Å². The zero-order valence-electron chi connectivity index (χ0n) is 13.7. The molecule has 0 aliphatic rings. The first kappa shape index (κ1) is 16.5. The summed E-state index contributed by atoms with van der Waals surface area (Å²) in [7, 11) is 0. The SMILES string of the molecule is Cc1cccc(C)c1Nc1c(-c2ccc(Cl)s2)nc2ccc(Cl)cn12. The van der Waals surface area contributed by atoms with Gasteiger partial charge in [0, 0.05) is 11.9 Å². The minimum absolute atomic E-state index is 0.658. The zero-order valence-corrected chi connectivity index (χ0v) is 16.0. The van der Waals surface area contributed by atoms with E-state index in [2.05, 4.69) is 37.4 Å². The average Bonchev–Trinajstić information content (AvgIpc) is 3.15. The van der Waals surface area contributed by atoms with Crippen LogP contribution in [0, 0.1) is 13.8 Å². The number of aryl methyl sites for hydroxylation is 2. The molecule has 0 fully saturated rings. The van der Waals surface area contributed by atoms with Crippen LogP contribution in [0.25, 0.3) is 16.2 Å². The van der Waals surface area contributed by atoms with E-state index in [1.807, 2.05) is 34.9 Å². The molecule has 1 aromatic carbocycles. The summed E-state index contributed by atoms with van der Waals surface area (Å²) in [6.07, 6.45) is 1.87. The number of hydrogen-bond acceptors (Lipinski definition) is 3. The van der Waals surface area contributed by atoms with Crippen LogP contribution in [-0.4, -0.2) is 9.38 Å². The first-order chi connectivity index (χ1) is 12.0. The van der Waals surface area contributed by atoms with Crippen molar-refractivity contribution < 1.29 is 0 Å². The first-order valence-corrected chi connectivity index (χ1v) is 9.37. The van der Waals surface area contributed by atoms with Crippen molar-refractivity contribution in [1.82, 2.24) is 9.38 Å². The van der Waals surface area contributed by atoms with Gasteiger partial charge >= 0.3 is 0 Å². The number of anilines is 2. The van der Waals surface area contributed by atoms with Crippen molar-refractivity contribution in [3.05, 3.63) is 69.1 Å². The second-order valence-corrected chi connectivity index (χ2v) is 8.03. The summed E-state index contributed by atoms with van der Waals surface area (Å²) < 4.78 is 2.72. The largest absolute Gasteiger partial charge is 0.339 e. The van der Waals surface area contributed by atoms with Gasteiger partial charge < -0.3 is 5.32 Å². The van der Waals surface area contributed by atoms with Gasteiger partial charge in [0.25, 0.3) is 0 Å². The third-order valence-electron chi connectivity index (χ3n) is 4.11. The molecule has 6 heteroatoms. The Morgan fingerprint density at radius 1 is 1.00 bits per heavy atom. The standard InChI is InChI=1S/C19H15Cl2N3S/c1-11-4-3-5-12(2)17(11)23-19-18(14-7-8-15(21)25-14)22-16-9-6-13(20)10-24(16)19/h3-10,23H,1-2H3. The number of thiophene rings is 1. The second-order valence-electron chi connectivity index (χ2n) is 5.88. The summed E-state index contributed by atoms with van der Waals surface area (Å²) in [5, 5.41) is 4.23. The maximum atomic E-state index is 6.22. The molecule has 25 heavy (non-hydrogen) atoms. The molecule has 3 nitrogen and oxygen atoms in total. The topological polar surface area (TPSA) is 29.3 Å². The number of hydrogen-bond donors (Lipinski definition) is 1. The number of fused-ring (bicyclic) bond motifs is 1. The Labute approximate surface area is 159 Å². The third kappa shape index (κ3) is 3.01. The zero-order chi connectivity index (χ0) is 17.6. The molecule has 0 saturated carbocycles. The van der Waals surface area contributed by atoms with Crippen molar-refractivity contribution in [2.75, 3.05) is 5.32 Å². The maximum Gasteiger partial charge on any atom is 0.144 e. The lowest BCUT2D eigenvalue weighted by Crippen LogP contribution is -2.00. The van der Waals surface area contributed by atoms with E-state index in [1.54, 1.807) is 0 Å². The second kappa shape index (κ2) is 6.37. The molecule has 4 aromatic rings. The third-order valence-corrected chi connectivity index (χ3v) is 5.58. The number of benzene rings is 1. The van der Waals surface area contributed by atoms with Gasteiger partial charge in [0.05, 0.1) is 14.2 Å². The van der Waals surface area contributed by atoms with Gasteiger partial charge in [0.1, 0.15) is 17.2 Å². The van der Waals surface area contributed by atoms with E-state index in [9.17, 15) is 0 Å². The molecule has 0 atom stereocenters. The Kier molecular flexibility index (Phi) is 4.20. The van der Waals surface area contributed by atoms with E-state index in [1.165, 1.54) is 22.5 Å². The number of nitrogens with one attached hydrogen (secondary N) is 1. The van der Waals surface area contributed by atoms with Crippen LogP contribution in [0.3, 0.4) is 0 Å². The summed E-state index contributed by atoms with van der Waals surface area (Å²) in [5.41, 5.74) is 5.12. The summed E-state index contributed by atoms with van der Waals surface area (Å²) in [6.45, 7) is 4.18. The van der Waals surface area contributed by atoms with Crippen molar-refractivity contribution in [3.8, 4) is 10.6 Å². The number of imidazole rings is 1. The molecule has 0 spiro atoms. The molecule has 0 unspecified atom stereocenters. The summed E-state index contributed by atoms with van der Waals surface area (Å²) in [5.74, 6) is 0.883. The van der Waals surface area contributed by atoms with Crippen LogP contribution in [-0.2, 0) is 0 Å². The number of aromatic nitrogens is 2. The molecule has 0 bridgehead atoms. The molecule has 0 aliphatic carbocycles. The van der Waals surface area contributed by atoms with Gasteiger partial charge in [-0.15, -0.1) is 11.3 Å². The van der Waals surface area contributed by atoms with Crippen LogP contribution in [0.5, 0.6) is 0 Å². The highest BCUT2D eigenvalue weighted by Gasteiger charge is 2.17. The lowest BCUT2D eigenvalue weighted by atomic mass is 10.1. The van der Waals surface area contributed by atoms with E-state index in [-0.39, 0.29) is 0 Å². The molecule has 4 rings (SSSR count). The minimum Gasteiger partial charge on any atom is -0.339 e. The molecule has 3 heterocycles. The van der Waals surface area contributed by atoms with Crippen molar-refractivity contribution in [1.29, 1.82) is 0 Å². The highest BCUT2D eigenvalue weighted by Crippen LogP contribution is 2.38. The van der Waals surface area contributed by atoms with Crippen LogP contribution in [0.15, 0.2) is 48.7 Å².